The summed E-state index contributed by atoms with van der Waals surface area (Å²) in [6, 6.07) is 5.71. The summed E-state index contributed by atoms with van der Waals surface area (Å²) in [6.45, 7) is 0.444. The van der Waals surface area contributed by atoms with Gasteiger partial charge in [-0.1, -0.05) is 23.7 Å². The van der Waals surface area contributed by atoms with Crippen molar-refractivity contribution in [3.63, 3.8) is 0 Å². The molecule has 1 heterocycles. The zero-order valence-corrected chi connectivity index (χ0v) is 8.78. The van der Waals surface area contributed by atoms with E-state index in [-0.39, 0.29) is 0 Å². The van der Waals surface area contributed by atoms with Gasteiger partial charge in [0.15, 0.2) is 0 Å². The van der Waals surface area contributed by atoms with Gasteiger partial charge in [-0.15, -0.1) is 0 Å². The summed E-state index contributed by atoms with van der Waals surface area (Å²) in [5.74, 6) is 0. The lowest BCUT2D eigenvalue weighted by atomic mass is 10.1. The van der Waals surface area contributed by atoms with Gasteiger partial charge in [-0.2, -0.15) is 0 Å². The predicted molar refractivity (Wildman–Crippen MR) is 60.4 cm³/mol. The Balaban J connectivity index is 2.43. The number of aromatic nitrogens is 2. The van der Waals surface area contributed by atoms with Crippen LogP contribution in [0.25, 0.3) is 11.3 Å². The molecular formula is C11H10ClN3. The third kappa shape index (κ3) is 2.14. The van der Waals surface area contributed by atoms with E-state index in [1.165, 1.54) is 0 Å². The standard InChI is InChI=1S/C11H10ClN3/c12-10-5-8(1-2-9(10)6-13)11-7-14-3-4-15-11/h1-5,7H,6,13H2. The summed E-state index contributed by atoms with van der Waals surface area (Å²) in [4.78, 5) is 8.20. The molecule has 4 heteroatoms. The van der Waals surface area contributed by atoms with Gasteiger partial charge in [-0.3, -0.25) is 9.97 Å². The summed E-state index contributed by atoms with van der Waals surface area (Å²) in [6.07, 6.45) is 4.99. The number of hydrogen-bond donors (Lipinski definition) is 1. The lowest BCUT2D eigenvalue weighted by Gasteiger charge is -2.04. The molecule has 2 aromatic rings. The average molecular weight is 220 g/mol. The van der Waals surface area contributed by atoms with Crippen molar-refractivity contribution >= 4 is 11.6 Å². The molecule has 0 unspecified atom stereocenters. The van der Waals surface area contributed by atoms with Gasteiger partial charge in [0, 0.05) is 29.5 Å². The third-order valence-electron chi connectivity index (χ3n) is 2.13. The number of benzene rings is 1. The minimum atomic E-state index is 0.444. The molecule has 2 N–H and O–H groups in total. The second-order valence-electron chi connectivity index (χ2n) is 3.10. The van der Waals surface area contributed by atoms with E-state index < -0.39 is 0 Å². The molecule has 0 saturated heterocycles. The second-order valence-corrected chi connectivity index (χ2v) is 3.51. The first-order valence-electron chi connectivity index (χ1n) is 4.56. The molecule has 0 radical (unpaired) electrons. The van der Waals surface area contributed by atoms with Crippen LogP contribution in [-0.4, -0.2) is 9.97 Å². The first kappa shape index (κ1) is 10.1. The summed E-state index contributed by atoms with van der Waals surface area (Å²) in [5, 5.41) is 0.667. The van der Waals surface area contributed by atoms with Gasteiger partial charge in [-0.25, -0.2) is 0 Å². The van der Waals surface area contributed by atoms with Crippen LogP contribution >= 0.6 is 11.6 Å². The van der Waals surface area contributed by atoms with Gasteiger partial charge in [0.2, 0.25) is 0 Å². The van der Waals surface area contributed by atoms with E-state index in [0.29, 0.717) is 11.6 Å². The quantitative estimate of drug-likeness (QED) is 0.843. The van der Waals surface area contributed by atoms with Crippen LogP contribution in [0.15, 0.2) is 36.8 Å². The molecule has 1 aromatic heterocycles. The van der Waals surface area contributed by atoms with Gasteiger partial charge in [0.25, 0.3) is 0 Å². The Bertz CT molecular complexity index is 457. The Kier molecular flexibility index (Phi) is 2.94. The van der Waals surface area contributed by atoms with Crippen molar-refractivity contribution in [2.45, 2.75) is 6.54 Å². The second kappa shape index (κ2) is 4.38. The number of rotatable bonds is 2. The monoisotopic (exact) mass is 219 g/mol. The van der Waals surface area contributed by atoms with Gasteiger partial charge in [0.1, 0.15) is 0 Å². The number of hydrogen-bond acceptors (Lipinski definition) is 3. The van der Waals surface area contributed by atoms with Crippen molar-refractivity contribution in [3.8, 4) is 11.3 Å². The molecule has 0 aliphatic heterocycles. The highest BCUT2D eigenvalue weighted by atomic mass is 35.5. The zero-order valence-electron chi connectivity index (χ0n) is 8.02. The number of halogens is 1. The van der Waals surface area contributed by atoms with Crippen LogP contribution in [0.3, 0.4) is 0 Å². The Labute approximate surface area is 92.9 Å². The SMILES string of the molecule is NCc1ccc(-c2cnccn2)cc1Cl. The molecule has 3 nitrogen and oxygen atoms in total. The van der Waals surface area contributed by atoms with E-state index in [1.807, 2.05) is 18.2 Å². The fourth-order valence-electron chi connectivity index (χ4n) is 1.32. The Morgan fingerprint density at radius 2 is 2.13 bits per heavy atom. The van der Waals surface area contributed by atoms with E-state index in [1.54, 1.807) is 18.6 Å². The molecule has 0 saturated carbocycles. The fourth-order valence-corrected chi connectivity index (χ4v) is 1.58. The molecule has 15 heavy (non-hydrogen) atoms. The molecule has 0 amide bonds. The van der Waals surface area contributed by atoms with Crippen LogP contribution in [0.2, 0.25) is 5.02 Å². The normalized spacial score (nSPS) is 10.3. The van der Waals surface area contributed by atoms with Gasteiger partial charge >= 0.3 is 0 Å². The lowest BCUT2D eigenvalue weighted by Crippen LogP contribution is -1.97. The van der Waals surface area contributed by atoms with Crippen molar-refractivity contribution < 1.29 is 0 Å². The number of nitrogens with zero attached hydrogens (tertiary/aromatic N) is 2. The van der Waals surface area contributed by atoms with E-state index in [9.17, 15) is 0 Å². The van der Waals surface area contributed by atoms with Crippen LogP contribution in [0.1, 0.15) is 5.56 Å². The van der Waals surface area contributed by atoms with Crippen LogP contribution in [0.4, 0.5) is 0 Å². The number of nitrogens with two attached hydrogens (primary N) is 1. The van der Waals surface area contributed by atoms with Gasteiger partial charge in [0.05, 0.1) is 11.9 Å². The molecule has 0 fully saturated rings. The summed E-state index contributed by atoms with van der Waals surface area (Å²) in [5.41, 5.74) is 8.22. The van der Waals surface area contributed by atoms with Gasteiger partial charge in [-0.05, 0) is 11.6 Å². The molecule has 76 valence electrons. The largest absolute Gasteiger partial charge is 0.326 e. The molecule has 1 aromatic carbocycles. The van der Waals surface area contributed by atoms with Crippen molar-refractivity contribution in [1.82, 2.24) is 9.97 Å². The molecule has 0 atom stereocenters. The van der Waals surface area contributed by atoms with Crippen molar-refractivity contribution in [2.75, 3.05) is 0 Å². The minimum absolute atomic E-state index is 0.444. The van der Waals surface area contributed by atoms with Crippen LogP contribution in [0.5, 0.6) is 0 Å². The highest BCUT2D eigenvalue weighted by Gasteiger charge is 2.03. The highest BCUT2D eigenvalue weighted by molar-refractivity contribution is 6.31. The molecule has 0 bridgehead atoms. The minimum Gasteiger partial charge on any atom is -0.326 e. The third-order valence-corrected chi connectivity index (χ3v) is 2.48. The maximum atomic E-state index is 6.05. The van der Waals surface area contributed by atoms with Crippen molar-refractivity contribution in [3.05, 3.63) is 47.4 Å². The van der Waals surface area contributed by atoms with E-state index in [4.69, 9.17) is 17.3 Å². The lowest BCUT2D eigenvalue weighted by molar-refractivity contribution is 1.07. The average Bonchev–Trinajstić information content (AvgIpc) is 2.30. The summed E-state index contributed by atoms with van der Waals surface area (Å²) < 4.78 is 0. The molecule has 0 aliphatic rings. The smallest absolute Gasteiger partial charge is 0.0885 e. The van der Waals surface area contributed by atoms with Crippen LogP contribution in [-0.2, 0) is 6.54 Å². The van der Waals surface area contributed by atoms with Crippen LogP contribution < -0.4 is 5.73 Å². The zero-order chi connectivity index (χ0) is 10.7. The summed E-state index contributed by atoms with van der Waals surface area (Å²) in [7, 11) is 0. The molecule has 0 spiro atoms. The van der Waals surface area contributed by atoms with Crippen molar-refractivity contribution in [2.24, 2.45) is 5.73 Å². The first-order valence-corrected chi connectivity index (χ1v) is 4.94. The topological polar surface area (TPSA) is 51.8 Å². The Hall–Kier alpha value is -1.45. The maximum Gasteiger partial charge on any atom is 0.0885 e. The highest BCUT2D eigenvalue weighted by Crippen LogP contribution is 2.23. The Morgan fingerprint density at radius 3 is 2.73 bits per heavy atom. The van der Waals surface area contributed by atoms with E-state index in [0.717, 1.165) is 16.8 Å². The fraction of sp³-hybridized carbons (Fsp3) is 0.0909. The maximum absolute atomic E-state index is 6.05. The summed E-state index contributed by atoms with van der Waals surface area (Å²) >= 11 is 6.05. The Morgan fingerprint density at radius 1 is 1.27 bits per heavy atom. The molecular weight excluding hydrogens is 210 g/mol. The molecule has 0 aliphatic carbocycles. The van der Waals surface area contributed by atoms with E-state index >= 15 is 0 Å². The van der Waals surface area contributed by atoms with Gasteiger partial charge < -0.3 is 5.73 Å². The predicted octanol–water partition coefficient (Wildman–Crippen LogP) is 2.26. The molecule has 2 rings (SSSR count). The van der Waals surface area contributed by atoms with E-state index in [2.05, 4.69) is 9.97 Å². The van der Waals surface area contributed by atoms with Crippen molar-refractivity contribution in [1.29, 1.82) is 0 Å². The van der Waals surface area contributed by atoms with Crippen LogP contribution in [0, 0.1) is 0 Å². The first-order chi connectivity index (χ1) is 7.31.